The van der Waals surface area contributed by atoms with Crippen molar-refractivity contribution in [1.29, 1.82) is 0 Å². The third-order valence-corrected chi connectivity index (χ3v) is 6.99. The fourth-order valence-corrected chi connectivity index (χ4v) is 5.25. The molecule has 29 heavy (non-hydrogen) atoms. The number of nitrogens with zero attached hydrogens (tertiary/aromatic N) is 1. The van der Waals surface area contributed by atoms with Gasteiger partial charge in [0, 0.05) is 22.5 Å². The number of aromatic nitrogens is 1. The summed E-state index contributed by atoms with van der Waals surface area (Å²) in [6, 6.07) is 14.1. The molecule has 0 bridgehead atoms. The van der Waals surface area contributed by atoms with Crippen molar-refractivity contribution in [2.24, 2.45) is 0 Å². The first kappa shape index (κ1) is 19.1. The van der Waals surface area contributed by atoms with Gasteiger partial charge in [-0.05, 0) is 56.3 Å². The minimum Gasteiger partial charge on any atom is -0.460 e. The van der Waals surface area contributed by atoms with Crippen LogP contribution in [0.2, 0.25) is 0 Å². The van der Waals surface area contributed by atoms with Crippen molar-refractivity contribution < 1.29 is 22.7 Å². The predicted octanol–water partition coefficient (Wildman–Crippen LogP) is 3.34. The molecule has 0 amide bonds. The van der Waals surface area contributed by atoms with E-state index in [1.807, 2.05) is 30.5 Å². The Morgan fingerprint density at radius 2 is 1.59 bits per heavy atom. The monoisotopic (exact) mass is 409 g/mol. The highest BCUT2D eigenvalue weighted by atomic mass is 32.2. The standard InChI is InChI=1S/C22H19NO5S/c1-14-7-8-15(2)23(14)11-12-28-22(25)16-9-10-18-20(13-16)29(26,27)19-6-4-3-5-17(19)21(18)24/h3-10,13H,11-12H2,1-2H3. The third-order valence-electron chi connectivity index (χ3n) is 5.14. The van der Waals surface area contributed by atoms with Crippen molar-refractivity contribution in [2.45, 2.75) is 30.2 Å². The van der Waals surface area contributed by atoms with Gasteiger partial charge in [-0.2, -0.15) is 0 Å². The molecule has 0 unspecified atom stereocenters. The number of hydrogen-bond acceptors (Lipinski definition) is 5. The fraction of sp³-hybridized carbons (Fsp3) is 0.182. The molecule has 0 atom stereocenters. The number of esters is 1. The molecule has 3 aromatic rings. The molecular formula is C22H19NO5S. The molecule has 2 aromatic carbocycles. The Morgan fingerprint density at radius 1 is 0.931 bits per heavy atom. The highest BCUT2D eigenvalue weighted by Crippen LogP contribution is 2.34. The molecule has 0 saturated carbocycles. The average molecular weight is 409 g/mol. The molecule has 0 N–H and O–H groups in total. The van der Waals surface area contributed by atoms with Gasteiger partial charge in [-0.15, -0.1) is 0 Å². The van der Waals surface area contributed by atoms with E-state index in [9.17, 15) is 18.0 Å². The Hall–Kier alpha value is -3.19. The number of hydrogen-bond donors (Lipinski definition) is 0. The maximum absolute atomic E-state index is 13.0. The average Bonchev–Trinajstić information content (AvgIpc) is 3.04. The summed E-state index contributed by atoms with van der Waals surface area (Å²) >= 11 is 0. The molecule has 2 heterocycles. The molecule has 0 saturated heterocycles. The van der Waals surface area contributed by atoms with Gasteiger partial charge in [0.1, 0.15) is 6.61 Å². The van der Waals surface area contributed by atoms with Crippen LogP contribution >= 0.6 is 0 Å². The van der Waals surface area contributed by atoms with Crippen molar-refractivity contribution in [3.8, 4) is 0 Å². The van der Waals surface area contributed by atoms with Crippen LogP contribution in [0.15, 0.2) is 64.4 Å². The quantitative estimate of drug-likeness (QED) is 0.483. The molecule has 1 aliphatic heterocycles. The van der Waals surface area contributed by atoms with Gasteiger partial charge < -0.3 is 9.30 Å². The summed E-state index contributed by atoms with van der Waals surface area (Å²) in [6.07, 6.45) is 0. The van der Waals surface area contributed by atoms with E-state index in [1.54, 1.807) is 12.1 Å². The lowest BCUT2D eigenvalue weighted by molar-refractivity contribution is 0.0489. The van der Waals surface area contributed by atoms with Gasteiger partial charge in [0.2, 0.25) is 9.84 Å². The normalized spacial score (nSPS) is 14.2. The van der Waals surface area contributed by atoms with E-state index in [4.69, 9.17) is 4.74 Å². The van der Waals surface area contributed by atoms with Gasteiger partial charge in [0.25, 0.3) is 0 Å². The first-order valence-electron chi connectivity index (χ1n) is 9.13. The van der Waals surface area contributed by atoms with E-state index >= 15 is 0 Å². The van der Waals surface area contributed by atoms with E-state index < -0.39 is 15.8 Å². The zero-order valence-corrected chi connectivity index (χ0v) is 16.8. The van der Waals surface area contributed by atoms with Crippen molar-refractivity contribution in [1.82, 2.24) is 4.57 Å². The fourth-order valence-electron chi connectivity index (χ4n) is 3.58. The van der Waals surface area contributed by atoms with Gasteiger partial charge in [0.15, 0.2) is 5.78 Å². The number of aryl methyl sites for hydroxylation is 2. The van der Waals surface area contributed by atoms with Crippen LogP contribution in [0.5, 0.6) is 0 Å². The largest absolute Gasteiger partial charge is 0.460 e. The number of benzene rings is 2. The van der Waals surface area contributed by atoms with Crippen molar-refractivity contribution in [2.75, 3.05) is 6.61 Å². The van der Waals surface area contributed by atoms with Gasteiger partial charge in [0.05, 0.1) is 21.9 Å². The van der Waals surface area contributed by atoms with Crippen LogP contribution in [0.3, 0.4) is 0 Å². The van der Waals surface area contributed by atoms with Crippen molar-refractivity contribution in [3.05, 3.63) is 82.7 Å². The number of carbonyl (C=O) groups excluding carboxylic acids is 2. The second-order valence-electron chi connectivity index (χ2n) is 6.94. The maximum Gasteiger partial charge on any atom is 0.338 e. The summed E-state index contributed by atoms with van der Waals surface area (Å²) in [6.45, 7) is 4.60. The van der Waals surface area contributed by atoms with Crippen molar-refractivity contribution >= 4 is 21.6 Å². The first-order valence-corrected chi connectivity index (χ1v) is 10.6. The van der Waals surface area contributed by atoms with Crippen LogP contribution in [-0.4, -0.2) is 31.3 Å². The molecule has 0 aliphatic carbocycles. The van der Waals surface area contributed by atoms with E-state index in [0.29, 0.717) is 6.54 Å². The predicted molar refractivity (Wildman–Crippen MR) is 106 cm³/mol. The van der Waals surface area contributed by atoms with E-state index in [-0.39, 0.29) is 38.9 Å². The van der Waals surface area contributed by atoms with Crippen LogP contribution in [0.4, 0.5) is 0 Å². The van der Waals surface area contributed by atoms with E-state index in [0.717, 1.165) is 11.4 Å². The summed E-state index contributed by atoms with van der Waals surface area (Å²) in [5.41, 5.74) is 2.44. The van der Waals surface area contributed by atoms with Crippen LogP contribution < -0.4 is 0 Å². The van der Waals surface area contributed by atoms with Crippen molar-refractivity contribution in [3.63, 3.8) is 0 Å². The Balaban J connectivity index is 1.59. The molecule has 6 nitrogen and oxygen atoms in total. The summed E-state index contributed by atoms with van der Waals surface area (Å²) in [7, 11) is -3.89. The second kappa shape index (κ2) is 7.00. The van der Waals surface area contributed by atoms with Crippen LogP contribution in [0.1, 0.15) is 37.7 Å². The number of rotatable bonds is 4. The lowest BCUT2D eigenvalue weighted by Gasteiger charge is -2.19. The summed E-state index contributed by atoms with van der Waals surface area (Å²) in [5.74, 6) is -0.999. The number of ketones is 1. The van der Waals surface area contributed by atoms with Crippen LogP contribution in [0, 0.1) is 13.8 Å². The molecule has 0 spiro atoms. The lowest BCUT2D eigenvalue weighted by atomic mass is 10.0. The van der Waals surface area contributed by atoms with Gasteiger partial charge >= 0.3 is 5.97 Å². The smallest absolute Gasteiger partial charge is 0.338 e. The first-order chi connectivity index (χ1) is 13.8. The van der Waals surface area contributed by atoms with Gasteiger partial charge in [-0.25, -0.2) is 13.2 Å². The molecule has 148 valence electrons. The second-order valence-corrected chi connectivity index (χ2v) is 8.83. The Bertz CT molecular complexity index is 1230. The zero-order chi connectivity index (χ0) is 20.8. The third kappa shape index (κ3) is 3.17. The highest BCUT2D eigenvalue weighted by molar-refractivity contribution is 7.91. The van der Waals surface area contributed by atoms with Gasteiger partial charge in [-0.3, -0.25) is 4.79 Å². The lowest BCUT2D eigenvalue weighted by Crippen LogP contribution is -2.21. The van der Waals surface area contributed by atoms with E-state index in [1.165, 1.54) is 30.3 Å². The molecule has 4 rings (SSSR count). The van der Waals surface area contributed by atoms with Gasteiger partial charge in [-0.1, -0.05) is 12.1 Å². The number of carbonyl (C=O) groups is 2. The Labute approximate surface area is 168 Å². The molecule has 0 radical (unpaired) electrons. The number of sulfone groups is 1. The molecular weight excluding hydrogens is 390 g/mol. The topological polar surface area (TPSA) is 82.4 Å². The van der Waals surface area contributed by atoms with E-state index in [2.05, 4.69) is 0 Å². The Morgan fingerprint density at radius 3 is 2.31 bits per heavy atom. The number of ether oxygens (including phenoxy) is 1. The summed E-state index contributed by atoms with van der Waals surface area (Å²) in [4.78, 5) is 24.9. The highest BCUT2D eigenvalue weighted by Gasteiger charge is 2.35. The SMILES string of the molecule is Cc1ccc(C)n1CCOC(=O)c1ccc2c(c1)S(=O)(=O)c1ccccc1C2=O. The Kier molecular flexibility index (Phi) is 4.62. The molecule has 1 aromatic heterocycles. The number of fused-ring (bicyclic) bond motifs is 2. The summed E-state index contributed by atoms with van der Waals surface area (Å²) in [5, 5.41) is 0. The molecule has 1 aliphatic rings. The maximum atomic E-state index is 13.0. The van der Waals surface area contributed by atoms with Crippen LogP contribution in [0.25, 0.3) is 0 Å². The minimum absolute atomic E-state index is 0.0402. The minimum atomic E-state index is -3.89. The molecule has 0 fully saturated rings. The van der Waals surface area contributed by atoms with Crippen LogP contribution in [-0.2, 0) is 21.1 Å². The summed E-state index contributed by atoms with van der Waals surface area (Å²) < 4.78 is 33.3. The zero-order valence-electron chi connectivity index (χ0n) is 16.0. The molecule has 7 heteroatoms.